The number of nitrogens with one attached hydrogen (secondary N) is 2. The maximum absolute atomic E-state index is 13.3. The fourth-order valence-corrected chi connectivity index (χ4v) is 3.10. The highest BCUT2D eigenvalue weighted by atomic mass is 19.3. The van der Waals surface area contributed by atoms with E-state index in [2.05, 4.69) is 0 Å². The van der Waals surface area contributed by atoms with Gasteiger partial charge < -0.3 is 24.9 Å². The average Bonchev–Trinajstić information content (AvgIpc) is 3.39. The molecular formula is C17H24BF3N4O5. The van der Waals surface area contributed by atoms with Gasteiger partial charge in [0.1, 0.15) is 17.7 Å². The molecule has 4 N–H and O–H groups in total. The highest BCUT2D eigenvalue weighted by Crippen LogP contribution is 2.32. The molecule has 1 saturated carbocycles. The zero-order chi connectivity index (χ0) is 22.3. The van der Waals surface area contributed by atoms with Gasteiger partial charge in [-0.2, -0.15) is 5.26 Å². The summed E-state index contributed by atoms with van der Waals surface area (Å²) < 4.78 is 43.5. The minimum atomic E-state index is -3.40. The molecule has 1 aliphatic carbocycles. The summed E-state index contributed by atoms with van der Waals surface area (Å²) in [6.07, 6.45) is -1.42. The molecule has 2 aliphatic rings. The number of nitriles is 1. The number of allylic oxidation sites excluding steroid dienone is 1. The van der Waals surface area contributed by atoms with Gasteiger partial charge in [0.05, 0.1) is 19.3 Å². The van der Waals surface area contributed by atoms with Crippen LogP contribution in [0.3, 0.4) is 0 Å². The Balaban J connectivity index is 1.92. The number of hydrogen-bond acceptors (Lipinski definition) is 7. The lowest BCUT2D eigenvalue weighted by atomic mass is 10.1. The van der Waals surface area contributed by atoms with Crippen molar-refractivity contribution in [3.05, 3.63) is 11.6 Å². The molecule has 9 nitrogen and oxygen atoms in total. The summed E-state index contributed by atoms with van der Waals surface area (Å²) in [5.74, 6) is -1.31. The van der Waals surface area contributed by atoms with Crippen LogP contribution in [-0.2, 0) is 14.3 Å². The highest BCUT2D eigenvalue weighted by Gasteiger charge is 2.33. The van der Waals surface area contributed by atoms with Crippen molar-refractivity contribution >= 4 is 19.1 Å². The van der Waals surface area contributed by atoms with Crippen molar-refractivity contribution in [3.63, 3.8) is 0 Å². The molecule has 2 rings (SSSR count). The Morgan fingerprint density at radius 3 is 2.57 bits per heavy atom. The number of halogens is 3. The lowest BCUT2D eigenvalue weighted by Crippen LogP contribution is -2.55. The zero-order valence-corrected chi connectivity index (χ0v) is 16.1. The van der Waals surface area contributed by atoms with Gasteiger partial charge in [-0.15, -0.1) is 0 Å². The molecule has 1 saturated heterocycles. The van der Waals surface area contributed by atoms with Crippen molar-refractivity contribution in [1.82, 2.24) is 15.4 Å². The number of carbonyl (C=O) groups is 2. The second-order valence-electron chi connectivity index (χ2n) is 7.20. The maximum atomic E-state index is 13.3. The topological polar surface area (TPSA) is 135 Å². The Kier molecular flexibility index (Phi) is 9.10. The fourth-order valence-electron chi connectivity index (χ4n) is 3.10. The molecule has 2 fully saturated rings. The molecule has 3 unspecified atom stereocenters. The van der Waals surface area contributed by atoms with Crippen LogP contribution in [-0.4, -0.2) is 78.6 Å². The van der Waals surface area contributed by atoms with Crippen molar-refractivity contribution < 1.29 is 37.5 Å². The average molecular weight is 432 g/mol. The monoisotopic (exact) mass is 432 g/mol. The molecule has 13 heteroatoms. The summed E-state index contributed by atoms with van der Waals surface area (Å²) in [6, 6.07) is -0.0951. The smallest absolute Gasteiger partial charge is 0.408 e. The molecule has 3 atom stereocenters. The second-order valence-corrected chi connectivity index (χ2v) is 7.20. The van der Waals surface area contributed by atoms with E-state index >= 15 is 0 Å². The summed E-state index contributed by atoms with van der Waals surface area (Å²) in [5, 5.41) is 30.2. The minimum absolute atomic E-state index is 0.0629. The molecular weight excluding hydrogens is 408 g/mol. The van der Waals surface area contributed by atoms with Gasteiger partial charge in [-0.1, -0.05) is 6.08 Å². The number of carbonyl (C=O) groups excluding carboxylic acids is 2. The molecule has 2 amide bonds. The molecule has 30 heavy (non-hydrogen) atoms. The standard InChI is InChI=1S/C17H24BF3N4O5/c19-14(20)15(21)23-13(16(26)24-18(28)29)9-30-8-12-2-1-5-25(12)17(27)11(7-22)6-10-3-4-10/h6,10,12-15,23,28-29H,1-5,8-9H2,(H,24,26). The lowest BCUT2D eigenvalue weighted by molar-refractivity contribution is -0.130. The Bertz CT molecular complexity index is 687. The fraction of sp³-hybridized carbons (Fsp3) is 0.706. The number of alkyl halides is 3. The molecule has 1 heterocycles. The predicted octanol–water partition coefficient (Wildman–Crippen LogP) is -0.541. The van der Waals surface area contributed by atoms with Crippen molar-refractivity contribution in [2.75, 3.05) is 19.8 Å². The lowest BCUT2D eigenvalue weighted by Gasteiger charge is -2.26. The molecule has 0 aromatic heterocycles. The molecule has 0 spiro atoms. The molecule has 0 aromatic rings. The second kappa shape index (κ2) is 11.3. The van der Waals surface area contributed by atoms with Crippen LogP contribution in [0, 0.1) is 17.2 Å². The zero-order valence-electron chi connectivity index (χ0n) is 16.1. The third kappa shape index (κ3) is 7.28. The van der Waals surface area contributed by atoms with E-state index < -0.39 is 50.5 Å². The summed E-state index contributed by atoms with van der Waals surface area (Å²) in [5.41, 5.74) is 0.0671. The normalized spacial score (nSPS) is 21.3. The summed E-state index contributed by atoms with van der Waals surface area (Å²) in [4.78, 5) is 26.0. The third-order valence-corrected chi connectivity index (χ3v) is 4.78. The summed E-state index contributed by atoms with van der Waals surface area (Å²) >= 11 is 0. The van der Waals surface area contributed by atoms with Crippen LogP contribution in [0.15, 0.2) is 11.6 Å². The van der Waals surface area contributed by atoms with Crippen LogP contribution in [0.1, 0.15) is 25.7 Å². The first kappa shape index (κ1) is 24.1. The number of likely N-dealkylation sites (tertiary alicyclic amines) is 1. The number of nitrogens with zero attached hydrogens (tertiary/aromatic N) is 2. The van der Waals surface area contributed by atoms with Crippen molar-refractivity contribution in [2.24, 2.45) is 5.92 Å². The number of ether oxygens (including phenoxy) is 1. The van der Waals surface area contributed by atoms with E-state index in [1.165, 1.54) is 4.90 Å². The van der Waals surface area contributed by atoms with Crippen LogP contribution in [0.25, 0.3) is 0 Å². The Labute approximate surface area is 172 Å². The van der Waals surface area contributed by atoms with Crippen molar-refractivity contribution in [1.29, 1.82) is 5.26 Å². The first-order valence-electron chi connectivity index (χ1n) is 9.58. The molecule has 0 aromatic carbocycles. The van der Waals surface area contributed by atoms with Crippen LogP contribution in [0.4, 0.5) is 13.2 Å². The van der Waals surface area contributed by atoms with Crippen LogP contribution < -0.4 is 10.5 Å². The van der Waals surface area contributed by atoms with E-state index in [0.717, 1.165) is 12.8 Å². The first-order chi connectivity index (χ1) is 14.2. The van der Waals surface area contributed by atoms with Crippen LogP contribution in [0.2, 0.25) is 0 Å². The van der Waals surface area contributed by atoms with Gasteiger partial charge in [0.15, 0.2) is 0 Å². The summed E-state index contributed by atoms with van der Waals surface area (Å²) in [6.45, 7) is -0.187. The molecule has 166 valence electrons. The Morgan fingerprint density at radius 2 is 2.00 bits per heavy atom. The van der Waals surface area contributed by atoms with Crippen LogP contribution >= 0.6 is 0 Å². The van der Waals surface area contributed by atoms with Gasteiger partial charge in [0, 0.05) is 6.54 Å². The van der Waals surface area contributed by atoms with Crippen LogP contribution in [0.5, 0.6) is 0 Å². The van der Waals surface area contributed by atoms with Gasteiger partial charge in [0.25, 0.3) is 12.3 Å². The van der Waals surface area contributed by atoms with E-state index in [1.54, 1.807) is 16.6 Å². The quantitative estimate of drug-likeness (QED) is 0.149. The summed E-state index contributed by atoms with van der Waals surface area (Å²) in [7, 11) is -2.25. The van der Waals surface area contributed by atoms with Gasteiger partial charge in [0.2, 0.25) is 12.2 Å². The Hall–Kier alpha value is -2.14. The SMILES string of the molecule is N#CC(=CC1CC1)C(=O)N1CCCC1COCC(NC(F)C(F)F)C(=O)NB(O)O. The number of hydrogen-bond donors (Lipinski definition) is 4. The minimum Gasteiger partial charge on any atom is -0.408 e. The third-order valence-electron chi connectivity index (χ3n) is 4.78. The predicted molar refractivity (Wildman–Crippen MR) is 98.1 cm³/mol. The van der Waals surface area contributed by atoms with Crippen molar-refractivity contribution in [3.8, 4) is 6.07 Å². The van der Waals surface area contributed by atoms with E-state index in [-0.39, 0.29) is 18.1 Å². The largest absolute Gasteiger partial charge is 0.587 e. The van der Waals surface area contributed by atoms with E-state index in [9.17, 15) is 28.0 Å². The van der Waals surface area contributed by atoms with E-state index in [1.807, 2.05) is 6.07 Å². The van der Waals surface area contributed by atoms with Gasteiger partial charge in [-0.25, -0.2) is 13.2 Å². The van der Waals surface area contributed by atoms with Crippen molar-refractivity contribution in [2.45, 2.75) is 50.5 Å². The number of rotatable bonds is 11. The molecule has 1 aliphatic heterocycles. The molecule has 0 radical (unpaired) electrons. The molecule has 0 bridgehead atoms. The maximum Gasteiger partial charge on any atom is 0.587 e. The Morgan fingerprint density at radius 1 is 1.30 bits per heavy atom. The number of amides is 2. The van der Waals surface area contributed by atoms with Gasteiger partial charge >= 0.3 is 7.25 Å². The van der Waals surface area contributed by atoms with Gasteiger partial charge in [-0.05, 0) is 31.6 Å². The van der Waals surface area contributed by atoms with E-state index in [4.69, 9.17) is 14.8 Å². The highest BCUT2D eigenvalue weighted by molar-refractivity contribution is 6.42. The van der Waals surface area contributed by atoms with E-state index in [0.29, 0.717) is 19.4 Å². The first-order valence-corrected chi connectivity index (χ1v) is 9.58. The van der Waals surface area contributed by atoms with Gasteiger partial charge in [-0.3, -0.25) is 14.9 Å².